The molecule has 0 saturated carbocycles. The summed E-state index contributed by atoms with van der Waals surface area (Å²) in [5.41, 5.74) is 1.97. The highest BCUT2D eigenvalue weighted by Gasteiger charge is 2.40. The Balaban J connectivity index is 1.69. The number of benzene rings is 4. The van der Waals surface area contributed by atoms with Crippen molar-refractivity contribution in [1.82, 2.24) is 10.6 Å². The van der Waals surface area contributed by atoms with E-state index >= 15 is 0 Å². The number of hydrogen-bond acceptors (Lipinski definition) is 8. The van der Waals surface area contributed by atoms with E-state index in [0.29, 0.717) is 0 Å². The second kappa shape index (κ2) is 16.8. The van der Waals surface area contributed by atoms with Crippen LogP contribution in [0.15, 0.2) is 121 Å². The number of alkyl carbamates (subject to hydrolysis) is 1. The Kier molecular flexibility index (Phi) is 12.6. The summed E-state index contributed by atoms with van der Waals surface area (Å²) in [6, 6.07) is 37.5. The molecule has 0 saturated heterocycles. The van der Waals surface area contributed by atoms with E-state index in [4.69, 9.17) is 14.2 Å². The second-order valence-corrected chi connectivity index (χ2v) is 13.0. The Bertz CT molecular complexity index is 1470. The first-order chi connectivity index (χ1) is 22.6. The van der Waals surface area contributed by atoms with Crippen LogP contribution < -0.4 is 10.6 Å². The van der Waals surface area contributed by atoms with Crippen LogP contribution in [0.1, 0.15) is 43.0 Å². The molecule has 0 aliphatic carbocycles. The highest BCUT2D eigenvalue weighted by molar-refractivity contribution is 7.99. The maximum Gasteiger partial charge on any atom is 0.408 e. The highest BCUT2D eigenvalue weighted by Crippen LogP contribution is 2.37. The smallest absolute Gasteiger partial charge is 0.408 e. The lowest BCUT2D eigenvalue weighted by molar-refractivity contribution is -0.147. The Morgan fingerprint density at radius 2 is 1.11 bits per heavy atom. The van der Waals surface area contributed by atoms with Gasteiger partial charge >= 0.3 is 18.0 Å². The van der Waals surface area contributed by atoms with Crippen LogP contribution in [0.2, 0.25) is 0 Å². The zero-order valence-corrected chi connectivity index (χ0v) is 28.0. The van der Waals surface area contributed by atoms with Gasteiger partial charge in [-0.1, -0.05) is 121 Å². The van der Waals surface area contributed by atoms with E-state index in [1.54, 1.807) is 20.8 Å². The fraction of sp³-hybridized carbons (Fsp3) is 0.289. The van der Waals surface area contributed by atoms with Gasteiger partial charge < -0.3 is 19.5 Å². The average molecular weight is 655 g/mol. The summed E-state index contributed by atoms with van der Waals surface area (Å²) in [7, 11) is 1.26. The van der Waals surface area contributed by atoms with Crippen LogP contribution >= 0.6 is 11.8 Å². The number of thioether (sulfide) groups is 1. The van der Waals surface area contributed by atoms with Gasteiger partial charge in [-0.2, -0.15) is 11.8 Å². The monoisotopic (exact) mass is 654 g/mol. The van der Waals surface area contributed by atoms with Gasteiger partial charge in [-0.3, -0.25) is 10.1 Å². The SMILES string of the molecule is COC(=O)[C@H](CSC[C@H](NC(c1ccccc1)(c1ccccc1)c1ccccc1)C(=O)OCc1ccccc1)NC(=O)OC(C)(C)C. The van der Waals surface area contributed by atoms with Gasteiger partial charge in [0.1, 0.15) is 24.3 Å². The number of carbonyl (C=O) groups is 3. The van der Waals surface area contributed by atoms with Crippen LogP contribution in [0, 0.1) is 0 Å². The molecule has 9 heteroatoms. The van der Waals surface area contributed by atoms with Crippen LogP contribution in [0.5, 0.6) is 0 Å². The van der Waals surface area contributed by atoms with Gasteiger partial charge in [0.2, 0.25) is 0 Å². The minimum atomic E-state index is -0.997. The molecule has 0 radical (unpaired) electrons. The van der Waals surface area contributed by atoms with Crippen molar-refractivity contribution in [3.8, 4) is 0 Å². The largest absolute Gasteiger partial charge is 0.467 e. The summed E-state index contributed by atoms with van der Waals surface area (Å²) in [5, 5.41) is 6.32. The van der Waals surface area contributed by atoms with E-state index < -0.39 is 41.3 Å². The molecule has 0 aliphatic heterocycles. The molecule has 4 aromatic carbocycles. The van der Waals surface area contributed by atoms with E-state index in [0.717, 1.165) is 22.3 Å². The number of esters is 2. The number of amides is 1. The fourth-order valence-electron chi connectivity index (χ4n) is 5.14. The molecule has 1 amide bonds. The van der Waals surface area contributed by atoms with Crippen molar-refractivity contribution < 1.29 is 28.6 Å². The molecule has 0 spiro atoms. The highest BCUT2D eigenvalue weighted by atomic mass is 32.2. The summed E-state index contributed by atoms with van der Waals surface area (Å²) < 4.78 is 16.2. The van der Waals surface area contributed by atoms with Gasteiger partial charge in [0.05, 0.1) is 12.6 Å². The van der Waals surface area contributed by atoms with E-state index in [9.17, 15) is 14.4 Å². The maximum absolute atomic E-state index is 14.0. The normalized spacial score (nSPS) is 12.8. The van der Waals surface area contributed by atoms with Gasteiger partial charge in [0.15, 0.2) is 0 Å². The summed E-state index contributed by atoms with van der Waals surface area (Å²) in [4.78, 5) is 39.2. The molecule has 0 fully saturated rings. The molecule has 0 aromatic heterocycles. The number of ether oxygens (including phenoxy) is 3. The quantitative estimate of drug-likeness (QED) is 0.0906. The Morgan fingerprint density at radius 3 is 1.55 bits per heavy atom. The maximum atomic E-state index is 14.0. The van der Waals surface area contributed by atoms with Crippen molar-refractivity contribution in [3.05, 3.63) is 144 Å². The minimum Gasteiger partial charge on any atom is -0.467 e. The molecule has 4 rings (SSSR count). The van der Waals surface area contributed by atoms with Crippen LogP contribution in [0.4, 0.5) is 4.79 Å². The molecule has 0 heterocycles. The Hall–Kier alpha value is -4.60. The first kappa shape index (κ1) is 35.3. The second-order valence-electron chi connectivity index (χ2n) is 11.9. The van der Waals surface area contributed by atoms with Crippen molar-refractivity contribution in [2.45, 2.75) is 50.6 Å². The third-order valence-corrected chi connectivity index (χ3v) is 8.40. The van der Waals surface area contributed by atoms with Gasteiger partial charge in [0.25, 0.3) is 0 Å². The predicted molar refractivity (Wildman–Crippen MR) is 185 cm³/mol. The van der Waals surface area contributed by atoms with Crippen LogP contribution in [-0.4, -0.2) is 54.3 Å². The summed E-state index contributed by atoms with van der Waals surface area (Å²) >= 11 is 1.31. The predicted octanol–water partition coefficient (Wildman–Crippen LogP) is 6.48. The van der Waals surface area contributed by atoms with Gasteiger partial charge in [-0.25, -0.2) is 9.59 Å². The standard InChI is InChI=1S/C38H42N2O6S/c1-37(2,3)46-36(43)39-32(34(41)44-4)26-47-27-33(35(42)45-25-28-17-9-5-10-18-28)40-38(29-19-11-6-12-20-29,30-21-13-7-14-22-30)31-23-15-8-16-24-31/h5-24,32-33,40H,25-27H2,1-4H3,(H,39,43)/t32-,33-/m0/s1. The average Bonchev–Trinajstić information content (AvgIpc) is 3.08. The number of nitrogens with one attached hydrogen (secondary N) is 2. The molecule has 246 valence electrons. The molecular weight excluding hydrogens is 612 g/mol. The Labute approximate surface area is 281 Å². The van der Waals surface area contributed by atoms with Crippen molar-refractivity contribution >= 4 is 29.8 Å². The van der Waals surface area contributed by atoms with Gasteiger partial charge in [0, 0.05) is 11.5 Å². The first-order valence-corrected chi connectivity index (χ1v) is 16.6. The molecule has 2 N–H and O–H groups in total. The zero-order chi connectivity index (χ0) is 33.7. The molecule has 8 nitrogen and oxygen atoms in total. The lowest BCUT2D eigenvalue weighted by Gasteiger charge is -2.39. The lowest BCUT2D eigenvalue weighted by Crippen LogP contribution is -2.54. The Morgan fingerprint density at radius 1 is 0.660 bits per heavy atom. The van der Waals surface area contributed by atoms with E-state index in [1.807, 2.05) is 121 Å². The van der Waals surface area contributed by atoms with Gasteiger partial charge in [-0.05, 0) is 43.0 Å². The number of rotatable bonds is 14. The summed E-state index contributed by atoms with van der Waals surface area (Å²) in [6.07, 6.45) is -0.735. The molecule has 2 atom stereocenters. The summed E-state index contributed by atoms with van der Waals surface area (Å²) in [5.74, 6) is -0.730. The number of hydrogen-bond donors (Lipinski definition) is 2. The fourth-order valence-corrected chi connectivity index (χ4v) is 6.18. The number of methoxy groups -OCH3 is 1. The van der Waals surface area contributed by atoms with E-state index in [-0.39, 0.29) is 18.1 Å². The molecule has 47 heavy (non-hydrogen) atoms. The van der Waals surface area contributed by atoms with E-state index in [2.05, 4.69) is 10.6 Å². The topological polar surface area (TPSA) is 103 Å². The molecular formula is C38H42N2O6S. The first-order valence-electron chi connectivity index (χ1n) is 15.4. The molecule has 0 bridgehead atoms. The number of carbonyl (C=O) groups excluding carboxylic acids is 3. The third-order valence-electron chi connectivity index (χ3n) is 7.27. The molecule has 0 unspecified atom stereocenters. The minimum absolute atomic E-state index is 0.0997. The van der Waals surface area contributed by atoms with Crippen LogP contribution in [0.3, 0.4) is 0 Å². The lowest BCUT2D eigenvalue weighted by atomic mass is 9.76. The zero-order valence-electron chi connectivity index (χ0n) is 27.2. The van der Waals surface area contributed by atoms with Crippen LogP contribution in [-0.2, 0) is 35.9 Å². The van der Waals surface area contributed by atoms with Crippen molar-refractivity contribution in [2.75, 3.05) is 18.6 Å². The summed E-state index contributed by atoms with van der Waals surface area (Å²) in [6.45, 7) is 5.32. The van der Waals surface area contributed by atoms with Crippen LogP contribution in [0.25, 0.3) is 0 Å². The van der Waals surface area contributed by atoms with Gasteiger partial charge in [-0.15, -0.1) is 0 Å². The molecule has 0 aliphatic rings. The van der Waals surface area contributed by atoms with E-state index in [1.165, 1.54) is 18.9 Å². The van der Waals surface area contributed by atoms with Crippen molar-refractivity contribution in [3.63, 3.8) is 0 Å². The molecule has 4 aromatic rings. The van der Waals surface area contributed by atoms with Crippen molar-refractivity contribution in [2.24, 2.45) is 0 Å². The third kappa shape index (κ3) is 9.94. The van der Waals surface area contributed by atoms with Crippen molar-refractivity contribution in [1.29, 1.82) is 0 Å².